The molecule has 10 heteroatoms. The quantitative estimate of drug-likeness (QED) is 0.359. The Morgan fingerprint density at radius 2 is 1.55 bits per heavy atom. The summed E-state index contributed by atoms with van der Waals surface area (Å²) in [5.74, 6) is 0.162. The Bertz CT molecular complexity index is 1370. The lowest BCUT2D eigenvalue weighted by Crippen LogP contribution is -2.37. The molecule has 0 aromatic heterocycles. The van der Waals surface area contributed by atoms with Gasteiger partial charge in [0.05, 0.1) is 24.8 Å². The van der Waals surface area contributed by atoms with E-state index in [9.17, 15) is 18.0 Å². The molecule has 1 aliphatic heterocycles. The lowest BCUT2D eigenvalue weighted by Gasteiger charge is -2.29. The van der Waals surface area contributed by atoms with Crippen molar-refractivity contribution in [2.24, 2.45) is 0 Å². The fraction of sp³-hybridized carbons (Fsp3) is 0.286. The smallest absolute Gasteiger partial charge is 0.327 e. The van der Waals surface area contributed by atoms with Crippen molar-refractivity contribution in [3.05, 3.63) is 78.4 Å². The topological polar surface area (TPSA) is 102 Å². The molecule has 3 aromatic carbocycles. The molecule has 0 amide bonds. The summed E-state index contributed by atoms with van der Waals surface area (Å²) >= 11 is 0. The minimum absolute atomic E-state index is 0.0243. The predicted molar refractivity (Wildman–Crippen MR) is 143 cm³/mol. The average Bonchev–Trinajstić information content (AvgIpc) is 2.95. The molecule has 1 saturated heterocycles. The molecule has 0 aliphatic carbocycles. The third-order valence-corrected chi connectivity index (χ3v) is 8.05. The molecule has 200 valence electrons. The van der Waals surface area contributed by atoms with Gasteiger partial charge < -0.3 is 19.1 Å². The van der Waals surface area contributed by atoms with Crippen molar-refractivity contribution >= 4 is 33.2 Å². The Labute approximate surface area is 222 Å². The summed E-state index contributed by atoms with van der Waals surface area (Å²) in [5, 5.41) is 0. The van der Waals surface area contributed by atoms with Crippen LogP contribution in [0.5, 0.6) is 11.5 Å². The molecule has 0 unspecified atom stereocenters. The monoisotopic (exact) mass is 538 g/mol. The van der Waals surface area contributed by atoms with E-state index in [-0.39, 0.29) is 23.0 Å². The minimum atomic E-state index is -4.20. The first-order valence-corrected chi connectivity index (χ1v) is 13.6. The number of nitrogens with zero attached hydrogens (tertiary/aromatic N) is 2. The Balaban J connectivity index is 1.62. The Morgan fingerprint density at radius 1 is 0.895 bits per heavy atom. The van der Waals surface area contributed by atoms with Gasteiger partial charge in [0.25, 0.3) is 10.0 Å². The summed E-state index contributed by atoms with van der Waals surface area (Å²) in [4.78, 5) is 26.4. The van der Waals surface area contributed by atoms with Crippen molar-refractivity contribution in [3.8, 4) is 11.5 Å². The van der Waals surface area contributed by atoms with Crippen molar-refractivity contribution < 1.29 is 32.2 Å². The fourth-order valence-corrected chi connectivity index (χ4v) is 5.59. The maximum absolute atomic E-state index is 13.8. The van der Waals surface area contributed by atoms with E-state index in [1.54, 1.807) is 24.3 Å². The summed E-state index contributed by atoms with van der Waals surface area (Å²) < 4.78 is 44.5. The van der Waals surface area contributed by atoms with Gasteiger partial charge in [-0.05, 0) is 42.0 Å². The van der Waals surface area contributed by atoms with Crippen molar-refractivity contribution in [1.29, 1.82) is 0 Å². The first kappa shape index (κ1) is 27.0. The van der Waals surface area contributed by atoms with Crippen LogP contribution in [-0.2, 0) is 31.0 Å². The number of ketones is 1. The number of ether oxygens (including phenoxy) is 3. The molecular formula is C28H30N2O7S. The summed E-state index contributed by atoms with van der Waals surface area (Å²) in [6, 6.07) is 20.3. The highest BCUT2D eigenvalue weighted by molar-refractivity contribution is 7.92. The maximum Gasteiger partial charge on any atom is 0.327 e. The zero-order chi connectivity index (χ0) is 27.1. The molecule has 0 N–H and O–H groups in total. The van der Waals surface area contributed by atoms with Gasteiger partial charge in [-0.15, -0.1) is 0 Å². The molecule has 1 aliphatic rings. The number of carbonyl (C=O) groups excluding carboxylic acids is 2. The van der Waals surface area contributed by atoms with Gasteiger partial charge >= 0.3 is 5.97 Å². The SMILES string of the molecule is COc1ccc(S(=O)(=O)N(CC(=O)OCc2ccccc2)c2ccc(N3CCC(=O)CC3)cc2)cc1OC. The summed E-state index contributed by atoms with van der Waals surface area (Å²) in [6.07, 6.45) is 0.962. The Hall–Kier alpha value is -4.05. The van der Waals surface area contributed by atoms with E-state index in [0.717, 1.165) is 15.6 Å². The molecule has 0 spiro atoms. The van der Waals surface area contributed by atoms with Gasteiger partial charge in [0.15, 0.2) is 11.5 Å². The highest BCUT2D eigenvalue weighted by Gasteiger charge is 2.29. The number of benzene rings is 3. The lowest BCUT2D eigenvalue weighted by molar-refractivity contribution is -0.143. The first-order chi connectivity index (χ1) is 18.3. The van der Waals surface area contributed by atoms with E-state index in [2.05, 4.69) is 4.90 Å². The van der Waals surface area contributed by atoms with Crippen LogP contribution < -0.4 is 18.7 Å². The van der Waals surface area contributed by atoms with E-state index < -0.39 is 22.5 Å². The van der Waals surface area contributed by atoms with Gasteiger partial charge in [-0.1, -0.05) is 30.3 Å². The molecular weight excluding hydrogens is 508 g/mol. The second-order valence-corrected chi connectivity index (χ2v) is 10.6. The van der Waals surface area contributed by atoms with Gasteiger partial charge in [-0.25, -0.2) is 8.42 Å². The van der Waals surface area contributed by atoms with E-state index in [4.69, 9.17) is 14.2 Å². The van der Waals surface area contributed by atoms with Gasteiger partial charge in [-0.2, -0.15) is 0 Å². The molecule has 9 nitrogen and oxygen atoms in total. The van der Waals surface area contributed by atoms with E-state index >= 15 is 0 Å². The number of piperidine rings is 1. The van der Waals surface area contributed by atoms with Crippen LogP contribution in [0.2, 0.25) is 0 Å². The number of methoxy groups -OCH3 is 2. The zero-order valence-corrected chi connectivity index (χ0v) is 22.1. The van der Waals surface area contributed by atoms with Crippen molar-refractivity contribution in [3.63, 3.8) is 0 Å². The van der Waals surface area contributed by atoms with Gasteiger partial charge in [-0.3, -0.25) is 13.9 Å². The third-order valence-electron chi connectivity index (χ3n) is 6.28. The summed E-state index contributed by atoms with van der Waals surface area (Å²) in [7, 11) is -1.32. The molecule has 0 saturated carbocycles. The third kappa shape index (κ3) is 6.25. The molecule has 0 atom stereocenters. The first-order valence-electron chi connectivity index (χ1n) is 12.1. The molecule has 0 radical (unpaired) electrons. The summed E-state index contributed by atoms with van der Waals surface area (Å²) in [5.41, 5.74) is 1.96. The van der Waals surface area contributed by atoms with E-state index in [0.29, 0.717) is 37.4 Å². The van der Waals surface area contributed by atoms with Crippen LogP contribution in [0.1, 0.15) is 18.4 Å². The van der Waals surface area contributed by atoms with E-state index in [1.165, 1.54) is 32.4 Å². The number of carbonyl (C=O) groups is 2. The van der Waals surface area contributed by atoms with Crippen LogP contribution in [0.25, 0.3) is 0 Å². The number of Topliss-reactive ketones (excluding diaryl/α,β-unsaturated/α-hetero) is 1. The van der Waals surface area contributed by atoms with Gasteiger partial charge in [0.1, 0.15) is 18.9 Å². The van der Waals surface area contributed by atoms with Crippen LogP contribution in [-0.4, -0.2) is 54.0 Å². The van der Waals surface area contributed by atoms with E-state index in [1.807, 2.05) is 30.3 Å². The minimum Gasteiger partial charge on any atom is -0.493 e. The lowest BCUT2D eigenvalue weighted by atomic mass is 10.1. The Morgan fingerprint density at radius 3 is 2.18 bits per heavy atom. The highest BCUT2D eigenvalue weighted by Crippen LogP contribution is 2.33. The largest absolute Gasteiger partial charge is 0.493 e. The molecule has 1 heterocycles. The second kappa shape index (κ2) is 12.0. The van der Waals surface area contributed by atoms with Crippen molar-refractivity contribution in [2.45, 2.75) is 24.3 Å². The van der Waals surface area contributed by atoms with Gasteiger partial charge in [0, 0.05) is 37.7 Å². The molecule has 1 fully saturated rings. The average molecular weight is 539 g/mol. The highest BCUT2D eigenvalue weighted by atomic mass is 32.2. The number of rotatable bonds is 10. The summed E-state index contributed by atoms with van der Waals surface area (Å²) in [6.45, 7) is 0.715. The van der Waals surface area contributed by atoms with Crippen molar-refractivity contribution in [1.82, 2.24) is 0 Å². The number of anilines is 2. The predicted octanol–water partition coefficient (Wildman–Crippen LogP) is 3.81. The number of hydrogen-bond acceptors (Lipinski definition) is 8. The van der Waals surface area contributed by atoms with Gasteiger partial charge in [0.2, 0.25) is 0 Å². The number of esters is 1. The standard InChI is InChI=1S/C28H30N2O7S/c1-35-26-13-12-25(18-27(26)36-2)38(33,34)30(19-28(32)37-20-21-6-4-3-5-7-21)23-10-8-22(9-11-23)29-16-14-24(31)15-17-29/h3-13,18H,14-17,19-20H2,1-2H3. The molecule has 38 heavy (non-hydrogen) atoms. The van der Waals surface area contributed by atoms with Crippen LogP contribution in [0.15, 0.2) is 77.7 Å². The molecule has 0 bridgehead atoms. The van der Waals surface area contributed by atoms with Crippen LogP contribution in [0.3, 0.4) is 0 Å². The van der Waals surface area contributed by atoms with Crippen molar-refractivity contribution in [2.75, 3.05) is 43.1 Å². The molecule has 4 rings (SSSR count). The maximum atomic E-state index is 13.8. The molecule has 3 aromatic rings. The Kier molecular flexibility index (Phi) is 8.52. The van der Waals surface area contributed by atoms with Crippen LogP contribution in [0, 0.1) is 0 Å². The number of hydrogen-bond donors (Lipinski definition) is 0. The van der Waals surface area contributed by atoms with Crippen LogP contribution >= 0.6 is 0 Å². The normalized spacial score (nSPS) is 13.6. The van der Waals surface area contributed by atoms with Crippen LogP contribution in [0.4, 0.5) is 11.4 Å². The zero-order valence-electron chi connectivity index (χ0n) is 21.3. The second-order valence-electron chi connectivity index (χ2n) is 8.72. The number of sulfonamides is 1. The fourth-order valence-electron chi connectivity index (χ4n) is 4.16.